The zero-order valence-corrected chi connectivity index (χ0v) is 12.6. The second-order valence-corrected chi connectivity index (χ2v) is 4.40. The number of guanidine groups is 1. The number of likely N-dealkylation sites (tertiary alicyclic amines) is 1. The molecule has 0 aromatic carbocycles. The number of aliphatic imine (C=N–C) groups is 1. The van der Waals surface area contributed by atoms with E-state index >= 15 is 0 Å². The van der Waals surface area contributed by atoms with Gasteiger partial charge in [-0.1, -0.05) is 13.8 Å². The van der Waals surface area contributed by atoms with Crippen LogP contribution in [0, 0.1) is 5.92 Å². The molecule has 1 aliphatic heterocycles. The second kappa shape index (κ2) is 8.11. The van der Waals surface area contributed by atoms with Gasteiger partial charge in [0.05, 0.1) is 12.6 Å². The highest BCUT2D eigenvalue weighted by Gasteiger charge is 2.17. The van der Waals surface area contributed by atoms with Gasteiger partial charge >= 0.3 is 0 Å². The molecule has 0 unspecified atom stereocenters. The Morgan fingerprint density at radius 3 is 2.50 bits per heavy atom. The molecule has 1 rings (SSSR count). The lowest BCUT2D eigenvalue weighted by Gasteiger charge is -2.31. The van der Waals surface area contributed by atoms with Gasteiger partial charge in [-0.15, -0.1) is 24.0 Å². The molecule has 3 N–H and O–H groups in total. The zero-order valence-electron chi connectivity index (χ0n) is 10.2. The fourth-order valence-corrected chi connectivity index (χ4v) is 1.77. The van der Waals surface area contributed by atoms with E-state index in [0.717, 1.165) is 25.4 Å². The standard InChI is InChI=1S/C11H23N3O.HI/c1-3-10(8-15)13-11(12)14-6-4-9(2)5-7-14;/h9-10,15H,3-8H2,1-2H3,(H2,12,13);1H/t10-;/m1./s1. The molecule has 96 valence electrons. The number of aliphatic hydroxyl groups excluding tert-OH is 1. The maximum atomic E-state index is 9.03. The Kier molecular flexibility index (Phi) is 8.09. The van der Waals surface area contributed by atoms with Crippen molar-refractivity contribution in [3.05, 3.63) is 0 Å². The summed E-state index contributed by atoms with van der Waals surface area (Å²) in [5.41, 5.74) is 5.91. The van der Waals surface area contributed by atoms with E-state index in [1.807, 2.05) is 6.92 Å². The summed E-state index contributed by atoms with van der Waals surface area (Å²) in [6, 6.07) is -0.0376. The van der Waals surface area contributed by atoms with E-state index in [1.54, 1.807) is 0 Å². The van der Waals surface area contributed by atoms with Crippen molar-refractivity contribution < 1.29 is 5.11 Å². The first kappa shape index (κ1) is 16.0. The van der Waals surface area contributed by atoms with Crippen LogP contribution in [0.25, 0.3) is 0 Å². The number of hydrogen-bond donors (Lipinski definition) is 2. The Balaban J connectivity index is 0.00000225. The Morgan fingerprint density at radius 1 is 1.50 bits per heavy atom. The average Bonchev–Trinajstić information content (AvgIpc) is 2.26. The van der Waals surface area contributed by atoms with Crippen molar-refractivity contribution in [3.8, 4) is 0 Å². The molecule has 16 heavy (non-hydrogen) atoms. The van der Waals surface area contributed by atoms with Crippen molar-refractivity contribution >= 4 is 29.9 Å². The van der Waals surface area contributed by atoms with E-state index in [9.17, 15) is 0 Å². The van der Waals surface area contributed by atoms with Crippen molar-refractivity contribution in [1.82, 2.24) is 4.90 Å². The molecular weight excluding hydrogens is 317 g/mol. The van der Waals surface area contributed by atoms with Crippen LogP contribution in [0.3, 0.4) is 0 Å². The molecule has 5 heteroatoms. The van der Waals surface area contributed by atoms with Crippen LogP contribution in [0.1, 0.15) is 33.1 Å². The Bertz CT molecular complexity index is 211. The third kappa shape index (κ3) is 4.86. The molecule has 4 nitrogen and oxygen atoms in total. The first-order valence-corrected chi connectivity index (χ1v) is 5.86. The fraction of sp³-hybridized carbons (Fsp3) is 0.909. The quantitative estimate of drug-likeness (QED) is 0.464. The first-order valence-electron chi connectivity index (χ1n) is 5.86. The third-order valence-electron chi connectivity index (χ3n) is 3.10. The minimum Gasteiger partial charge on any atom is -0.394 e. The van der Waals surface area contributed by atoms with Gasteiger partial charge in [-0.2, -0.15) is 0 Å². The van der Waals surface area contributed by atoms with Crippen LogP contribution in [0.4, 0.5) is 0 Å². The average molecular weight is 341 g/mol. The molecule has 0 bridgehead atoms. The largest absolute Gasteiger partial charge is 0.394 e. The molecular formula is C11H24IN3O. The van der Waals surface area contributed by atoms with Crippen molar-refractivity contribution in [3.63, 3.8) is 0 Å². The van der Waals surface area contributed by atoms with E-state index in [0.29, 0.717) is 5.96 Å². The lowest BCUT2D eigenvalue weighted by molar-refractivity contribution is 0.255. The van der Waals surface area contributed by atoms with E-state index < -0.39 is 0 Å². The maximum absolute atomic E-state index is 9.03. The highest BCUT2D eigenvalue weighted by atomic mass is 127. The molecule has 1 atom stereocenters. The molecule has 0 aromatic heterocycles. The predicted molar refractivity (Wildman–Crippen MR) is 78.2 cm³/mol. The van der Waals surface area contributed by atoms with E-state index in [-0.39, 0.29) is 36.6 Å². The van der Waals surface area contributed by atoms with Crippen LogP contribution in [-0.2, 0) is 0 Å². The van der Waals surface area contributed by atoms with Gasteiger partial charge in [0, 0.05) is 13.1 Å². The van der Waals surface area contributed by atoms with Crippen LogP contribution >= 0.6 is 24.0 Å². The van der Waals surface area contributed by atoms with Crippen LogP contribution in [-0.4, -0.2) is 41.7 Å². The Hall–Kier alpha value is -0.0400. The number of rotatable bonds is 3. The molecule has 1 aliphatic rings. The number of halogens is 1. The summed E-state index contributed by atoms with van der Waals surface area (Å²) in [5, 5.41) is 9.03. The lowest BCUT2D eigenvalue weighted by Crippen LogP contribution is -2.43. The van der Waals surface area contributed by atoms with Gasteiger partial charge in [0.1, 0.15) is 0 Å². The third-order valence-corrected chi connectivity index (χ3v) is 3.10. The van der Waals surface area contributed by atoms with Crippen molar-refractivity contribution in [2.24, 2.45) is 16.6 Å². The summed E-state index contributed by atoms with van der Waals surface area (Å²) in [4.78, 5) is 6.46. The predicted octanol–water partition coefficient (Wildman–Crippen LogP) is 1.42. The lowest BCUT2D eigenvalue weighted by atomic mass is 10.00. The summed E-state index contributed by atoms with van der Waals surface area (Å²) in [6.45, 7) is 6.36. The number of nitrogens with zero attached hydrogens (tertiary/aromatic N) is 2. The monoisotopic (exact) mass is 341 g/mol. The molecule has 1 heterocycles. The maximum Gasteiger partial charge on any atom is 0.191 e. The van der Waals surface area contributed by atoms with Gasteiger partial charge in [-0.05, 0) is 25.2 Å². The van der Waals surface area contributed by atoms with Crippen LogP contribution in [0.5, 0.6) is 0 Å². The number of nitrogens with two attached hydrogens (primary N) is 1. The van der Waals surface area contributed by atoms with Gasteiger partial charge in [-0.3, -0.25) is 0 Å². The summed E-state index contributed by atoms with van der Waals surface area (Å²) >= 11 is 0. The van der Waals surface area contributed by atoms with Crippen LogP contribution in [0.15, 0.2) is 4.99 Å². The molecule has 0 aliphatic carbocycles. The van der Waals surface area contributed by atoms with Crippen LogP contribution in [0.2, 0.25) is 0 Å². The Labute approximate surface area is 115 Å². The molecule has 0 aromatic rings. The molecule has 1 fully saturated rings. The van der Waals surface area contributed by atoms with Crippen LogP contribution < -0.4 is 5.73 Å². The van der Waals surface area contributed by atoms with Gasteiger partial charge in [0.25, 0.3) is 0 Å². The number of hydrogen-bond acceptors (Lipinski definition) is 2. The molecule has 1 saturated heterocycles. The highest BCUT2D eigenvalue weighted by molar-refractivity contribution is 14.0. The molecule has 0 spiro atoms. The second-order valence-electron chi connectivity index (χ2n) is 4.40. The van der Waals surface area contributed by atoms with E-state index in [2.05, 4.69) is 16.8 Å². The summed E-state index contributed by atoms with van der Waals surface area (Å²) < 4.78 is 0. The van der Waals surface area contributed by atoms with Gasteiger partial charge in [-0.25, -0.2) is 4.99 Å². The number of piperidine rings is 1. The molecule has 0 radical (unpaired) electrons. The molecule has 0 saturated carbocycles. The van der Waals surface area contributed by atoms with Crippen molar-refractivity contribution in [2.75, 3.05) is 19.7 Å². The minimum absolute atomic E-state index is 0. The SMILES string of the molecule is CC[C@H](CO)N=C(N)N1CCC(C)CC1.I. The van der Waals surface area contributed by atoms with Gasteiger partial charge in [0.2, 0.25) is 0 Å². The first-order chi connectivity index (χ1) is 7.17. The van der Waals surface area contributed by atoms with E-state index in [1.165, 1.54) is 12.8 Å². The summed E-state index contributed by atoms with van der Waals surface area (Å²) in [6.07, 6.45) is 3.21. The number of aliphatic hydroxyl groups is 1. The van der Waals surface area contributed by atoms with Crippen molar-refractivity contribution in [2.45, 2.75) is 39.2 Å². The normalized spacial score (nSPS) is 20.4. The highest BCUT2D eigenvalue weighted by Crippen LogP contribution is 2.15. The minimum atomic E-state index is -0.0376. The van der Waals surface area contributed by atoms with Gasteiger partial charge in [0.15, 0.2) is 5.96 Å². The van der Waals surface area contributed by atoms with Crippen molar-refractivity contribution in [1.29, 1.82) is 0 Å². The smallest absolute Gasteiger partial charge is 0.191 e. The topological polar surface area (TPSA) is 61.9 Å². The zero-order chi connectivity index (χ0) is 11.3. The fourth-order valence-electron chi connectivity index (χ4n) is 1.77. The van der Waals surface area contributed by atoms with Gasteiger partial charge < -0.3 is 15.7 Å². The summed E-state index contributed by atoms with van der Waals surface area (Å²) in [7, 11) is 0. The summed E-state index contributed by atoms with van der Waals surface area (Å²) in [5.74, 6) is 1.40. The molecule has 0 amide bonds. The Morgan fingerprint density at radius 2 is 2.06 bits per heavy atom. The van der Waals surface area contributed by atoms with E-state index in [4.69, 9.17) is 10.8 Å².